The molecule has 134 valence electrons. The molecule has 0 amide bonds. The van der Waals surface area contributed by atoms with E-state index < -0.39 is 0 Å². The van der Waals surface area contributed by atoms with Crippen LogP contribution >= 0.6 is 24.0 Å². The molecule has 0 saturated heterocycles. The molecule has 5 nitrogen and oxygen atoms in total. The molecule has 23 heavy (non-hydrogen) atoms. The smallest absolute Gasteiger partial charge is 0.190 e. The van der Waals surface area contributed by atoms with Gasteiger partial charge in [0.25, 0.3) is 0 Å². The Morgan fingerprint density at radius 3 is 2.35 bits per heavy atom. The van der Waals surface area contributed by atoms with Gasteiger partial charge in [-0.3, -0.25) is 9.67 Å². The summed E-state index contributed by atoms with van der Waals surface area (Å²) in [5.74, 6) is 1.70. The van der Waals surface area contributed by atoms with Crippen molar-refractivity contribution in [3.05, 3.63) is 17.5 Å². The minimum atomic E-state index is 0. The van der Waals surface area contributed by atoms with Crippen molar-refractivity contribution >= 4 is 29.9 Å². The lowest BCUT2D eigenvalue weighted by atomic mass is 10.1. The standard InChI is InChI=1S/C17H33N5.HI/c1-14(2)9-6-7-10-19-17(18-5)20-11-8-12-22-16(4)13-15(3)21-22;/h13-14H,6-12H2,1-5H3,(H2,18,19,20);1H. The Balaban J connectivity index is 0.00000484. The van der Waals surface area contributed by atoms with Crippen LogP contribution in [-0.2, 0) is 6.54 Å². The SMILES string of the molecule is CN=C(NCCCCC(C)C)NCCCn1nc(C)cc1C.I. The van der Waals surface area contributed by atoms with Crippen LogP contribution in [0.4, 0.5) is 0 Å². The maximum absolute atomic E-state index is 4.47. The summed E-state index contributed by atoms with van der Waals surface area (Å²) in [5.41, 5.74) is 2.31. The first-order valence-corrected chi connectivity index (χ1v) is 8.48. The Hall–Kier alpha value is -0.790. The lowest BCUT2D eigenvalue weighted by molar-refractivity contribution is 0.532. The van der Waals surface area contributed by atoms with Crippen LogP contribution in [0.15, 0.2) is 11.1 Å². The maximum Gasteiger partial charge on any atom is 0.190 e. The molecule has 0 fully saturated rings. The maximum atomic E-state index is 4.47. The Labute approximate surface area is 158 Å². The fourth-order valence-corrected chi connectivity index (χ4v) is 2.44. The predicted molar refractivity (Wildman–Crippen MR) is 110 cm³/mol. The van der Waals surface area contributed by atoms with E-state index in [9.17, 15) is 0 Å². The number of hydrogen-bond acceptors (Lipinski definition) is 2. The van der Waals surface area contributed by atoms with Gasteiger partial charge in [0.15, 0.2) is 5.96 Å². The summed E-state index contributed by atoms with van der Waals surface area (Å²) in [6, 6.07) is 2.12. The quantitative estimate of drug-likeness (QED) is 0.270. The predicted octanol–water partition coefficient (Wildman–Crippen LogP) is 3.50. The van der Waals surface area contributed by atoms with Crippen LogP contribution in [0.2, 0.25) is 0 Å². The van der Waals surface area contributed by atoms with E-state index in [0.29, 0.717) is 0 Å². The number of hydrogen-bond donors (Lipinski definition) is 2. The molecule has 0 aliphatic carbocycles. The number of aliphatic imine (C=N–C) groups is 1. The van der Waals surface area contributed by atoms with Gasteiger partial charge in [0.1, 0.15) is 0 Å². The summed E-state index contributed by atoms with van der Waals surface area (Å²) in [4.78, 5) is 4.26. The highest BCUT2D eigenvalue weighted by Crippen LogP contribution is 2.05. The molecule has 0 aliphatic rings. The van der Waals surface area contributed by atoms with E-state index in [1.54, 1.807) is 0 Å². The highest BCUT2D eigenvalue weighted by Gasteiger charge is 2.01. The molecule has 0 aliphatic heterocycles. The molecule has 0 bridgehead atoms. The molecule has 0 saturated carbocycles. The first kappa shape index (κ1) is 22.2. The van der Waals surface area contributed by atoms with E-state index in [1.807, 2.05) is 14.0 Å². The van der Waals surface area contributed by atoms with Crippen LogP contribution in [0.5, 0.6) is 0 Å². The van der Waals surface area contributed by atoms with Crippen LogP contribution in [0, 0.1) is 19.8 Å². The number of nitrogens with zero attached hydrogens (tertiary/aromatic N) is 3. The summed E-state index contributed by atoms with van der Waals surface area (Å²) in [5, 5.41) is 11.2. The van der Waals surface area contributed by atoms with Gasteiger partial charge in [-0.15, -0.1) is 24.0 Å². The van der Waals surface area contributed by atoms with Crippen molar-refractivity contribution in [1.82, 2.24) is 20.4 Å². The van der Waals surface area contributed by atoms with Crippen LogP contribution < -0.4 is 10.6 Å². The van der Waals surface area contributed by atoms with Gasteiger partial charge in [-0.25, -0.2) is 0 Å². The van der Waals surface area contributed by atoms with E-state index in [4.69, 9.17) is 0 Å². The molecular formula is C17H34IN5. The van der Waals surface area contributed by atoms with Gasteiger partial charge in [0, 0.05) is 32.4 Å². The number of guanidine groups is 1. The molecule has 0 unspecified atom stereocenters. The van der Waals surface area contributed by atoms with Gasteiger partial charge in [-0.2, -0.15) is 5.10 Å². The number of aryl methyl sites for hydroxylation is 3. The molecule has 1 aromatic heterocycles. The fourth-order valence-electron chi connectivity index (χ4n) is 2.44. The molecule has 0 spiro atoms. The van der Waals surface area contributed by atoms with Gasteiger partial charge in [-0.05, 0) is 38.7 Å². The first-order chi connectivity index (χ1) is 10.5. The zero-order valence-corrected chi connectivity index (χ0v) is 17.7. The second-order valence-electron chi connectivity index (χ2n) is 6.32. The van der Waals surface area contributed by atoms with Gasteiger partial charge in [0.2, 0.25) is 0 Å². The van der Waals surface area contributed by atoms with Crippen LogP contribution in [0.25, 0.3) is 0 Å². The van der Waals surface area contributed by atoms with E-state index in [1.165, 1.54) is 25.0 Å². The topological polar surface area (TPSA) is 54.2 Å². The molecule has 1 heterocycles. The number of nitrogens with one attached hydrogen (secondary N) is 2. The van der Waals surface area contributed by atoms with Crippen molar-refractivity contribution in [2.24, 2.45) is 10.9 Å². The first-order valence-electron chi connectivity index (χ1n) is 8.48. The van der Waals surface area contributed by atoms with Crippen LogP contribution in [0.1, 0.15) is 50.9 Å². The second-order valence-corrected chi connectivity index (χ2v) is 6.32. The Morgan fingerprint density at radius 1 is 1.17 bits per heavy atom. The molecule has 6 heteroatoms. The summed E-state index contributed by atoms with van der Waals surface area (Å²) >= 11 is 0. The van der Waals surface area contributed by atoms with Crippen molar-refractivity contribution in [3.63, 3.8) is 0 Å². The molecule has 2 N–H and O–H groups in total. The van der Waals surface area contributed by atoms with Crippen molar-refractivity contribution in [1.29, 1.82) is 0 Å². The minimum Gasteiger partial charge on any atom is -0.356 e. The monoisotopic (exact) mass is 435 g/mol. The second kappa shape index (κ2) is 12.6. The number of halogens is 1. The fraction of sp³-hybridized carbons (Fsp3) is 0.765. The lowest BCUT2D eigenvalue weighted by Crippen LogP contribution is -2.38. The van der Waals surface area contributed by atoms with Gasteiger partial charge < -0.3 is 10.6 Å². The minimum absolute atomic E-state index is 0. The highest BCUT2D eigenvalue weighted by molar-refractivity contribution is 14.0. The number of rotatable bonds is 9. The largest absolute Gasteiger partial charge is 0.356 e. The highest BCUT2D eigenvalue weighted by atomic mass is 127. The molecule has 1 rings (SSSR count). The third-order valence-corrected chi connectivity index (χ3v) is 3.67. The Morgan fingerprint density at radius 2 is 1.83 bits per heavy atom. The van der Waals surface area contributed by atoms with E-state index in [-0.39, 0.29) is 24.0 Å². The van der Waals surface area contributed by atoms with Crippen LogP contribution in [0.3, 0.4) is 0 Å². The molecule has 0 aromatic carbocycles. The summed E-state index contributed by atoms with van der Waals surface area (Å²) < 4.78 is 2.07. The number of aromatic nitrogens is 2. The Kier molecular flexibility index (Phi) is 12.2. The van der Waals surface area contributed by atoms with Crippen molar-refractivity contribution < 1.29 is 0 Å². The lowest BCUT2D eigenvalue weighted by Gasteiger charge is -2.12. The van der Waals surface area contributed by atoms with E-state index in [2.05, 4.69) is 52.2 Å². The normalized spacial score (nSPS) is 11.5. The summed E-state index contributed by atoms with van der Waals surface area (Å²) in [6.45, 7) is 11.5. The van der Waals surface area contributed by atoms with Crippen molar-refractivity contribution in [2.75, 3.05) is 20.1 Å². The average Bonchev–Trinajstić information content (AvgIpc) is 2.78. The van der Waals surface area contributed by atoms with Crippen LogP contribution in [-0.4, -0.2) is 35.9 Å². The third kappa shape index (κ3) is 9.84. The third-order valence-electron chi connectivity index (χ3n) is 3.67. The van der Waals surface area contributed by atoms with Gasteiger partial charge >= 0.3 is 0 Å². The van der Waals surface area contributed by atoms with Crippen molar-refractivity contribution in [2.45, 2.75) is 59.9 Å². The molecule has 0 atom stereocenters. The Bertz CT molecular complexity index is 454. The van der Waals surface area contributed by atoms with Gasteiger partial charge in [0.05, 0.1) is 5.69 Å². The molecular weight excluding hydrogens is 401 g/mol. The number of unbranched alkanes of at least 4 members (excludes halogenated alkanes) is 1. The van der Waals surface area contributed by atoms with Crippen molar-refractivity contribution in [3.8, 4) is 0 Å². The molecule has 1 aromatic rings. The van der Waals surface area contributed by atoms with Gasteiger partial charge in [-0.1, -0.05) is 26.7 Å². The average molecular weight is 435 g/mol. The summed E-state index contributed by atoms with van der Waals surface area (Å²) in [7, 11) is 1.82. The molecule has 0 radical (unpaired) electrons. The van der Waals surface area contributed by atoms with E-state index in [0.717, 1.165) is 43.6 Å². The zero-order chi connectivity index (χ0) is 16.4. The summed E-state index contributed by atoms with van der Waals surface area (Å²) in [6.07, 6.45) is 4.82. The zero-order valence-electron chi connectivity index (χ0n) is 15.4. The van der Waals surface area contributed by atoms with E-state index >= 15 is 0 Å².